The largest absolute Gasteiger partial charge is 0.373 e. The molecule has 0 aromatic carbocycles. The summed E-state index contributed by atoms with van der Waals surface area (Å²) in [6.07, 6.45) is 2.28. The van der Waals surface area contributed by atoms with Crippen LogP contribution in [-0.4, -0.2) is 54.7 Å². The predicted octanol–water partition coefficient (Wildman–Crippen LogP) is 0.0838. The second-order valence-corrected chi connectivity index (χ2v) is 5.25. The lowest BCUT2D eigenvalue weighted by atomic mass is 10.2. The summed E-state index contributed by atoms with van der Waals surface area (Å²) >= 11 is 0. The van der Waals surface area contributed by atoms with Gasteiger partial charge in [-0.05, 0) is 26.7 Å². The molecule has 2 rings (SSSR count). The van der Waals surface area contributed by atoms with Gasteiger partial charge in [-0.15, -0.1) is 0 Å². The Balaban J connectivity index is 1.70. The third kappa shape index (κ3) is 4.27. The predicted molar refractivity (Wildman–Crippen MR) is 66.1 cm³/mol. The maximum atomic E-state index is 11.7. The van der Waals surface area contributed by atoms with Crippen LogP contribution in [0.2, 0.25) is 0 Å². The third-order valence-corrected chi connectivity index (χ3v) is 3.03. The van der Waals surface area contributed by atoms with Crippen molar-refractivity contribution in [3.63, 3.8) is 0 Å². The van der Waals surface area contributed by atoms with Gasteiger partial charge in [-0.1, -0.05) is 0 Å². The molecule has 18 heavy (non-hydrogen) atoms. The SMILES string of the molecule is CC1CN(CC(=O)NC(=O)NC2CC2)CC(C)O1. The molecule has 0 aromatic heterocycles. The first-order chi connectivity index (χ1) is 8.52. The molecule has 0 bridgehead atoms. The van der Waals surface area contributed by atoms with Gasteiger partial charge in [0.15, 0.2) is 0 Å². The normalized spacial score (nSPS) is 28.8. The molecule has 6 heteroatoms. The highest BCUT2D eigenvalue weighted by molar-refractivity contribution is 5.95. The van der Waals surface area contributed by atoms with Crippen LogP contribution in [0.5, 0.6) is 0 Å². The fourth-order valence-corrected chi connectivity index (χ4v) is 2.23. The van der Waals surface area contributed by atoms with Gasteiger partial charge >= 0.3 is 6.03 Å². The molecule has 102 valence electrons. The fraction of sp³-hybridized carbons (Fsp3) is 0.833. The van der Waals surface area contributed by atoms with Gasteiger partial charge in [-0.25, -0.2) is 4.79 Å². The molecule has 6 nitrogen and oxygen atoms in total. The molecule has 0 spiro atoms. The Kier molecular flexibility index (Phi) is 4.19. The number of hydrogen-bond donors (Lipinski definition) is 2. The minimum Gasteiger partial charge on any atom is -0.373 e. The van der Waals surface area contributed by atoms with Gasteiger partial charge < -0.3 is 10.1 Å². The highest BCUT2D eigenvalue weighted by Gasteiger charge is 2.26. The second-order valence-electron chi connectivity index (χ2n) is 5.25. The monoisotopic (exact) mass is 255 g/mol. The van der Waals surface area contributed by atoms with Crippen LogP contribution in [0, 0.1) is 0 Å². The van der Waals surface area contributed by atoms with Crippen LogP contribution in [0.1, 0.15) is 26.7 Å². The number of morpholine rings is 1. The molecule has 0 aromatic rings. The van der Waals surface area contributed by atoms with E-state index in [4.69, 9.17) is 4.74 Å². The highest BCUT2D eigenvalue weighted by atomic mass is 16.5. The number of nitrogens with zero attached hydrogens (tertiary/aromatic N) is 1. The summed E-state index contributed by atoms with van der Waals surface area (Å²) in [7, 11) is 0. The maximum Gasteiger partial charge on any atom is 0.321 e. The Hall–Kier alpha value is -1.14. The van der Waals surface area contributed by atoms with Gasteiger partial charge in [-0.2, -0.15) is 0 Å². The molecule has 1 saturated carbocycles. The number of urea groups is 1. The standard InChI is InChI=1S/C12H21N3O3/c1-8-5-15(6-9(2)18-8)7-11(16)14-12(17)13-10-3-4-10/h8-10H,3-7H2,1-2H3,(H2,13,14,16,17). The Bertz CT molecular complexity index is 321. The first-order valence-electron chi connectivity index (χ1n) is 6.51. The molecule has 2 N–H and O–H groups in total. The molecule has 2 atom stereocenters. The average molecular weight is 255 g/mol. The smallest absolute Gasteiger partial charge is 0.321 e. The van der Waals surface area contributed by atoms with E-state index in [0.29, 0.717) is 0 Å². The van der Waals surface area contributed by atoms with Crippen LogP contribution in [0.25, 0.3) is 0 Å². The number of amides is 3. The zero-order valence-corrected chi connectivity index (χ0v) is 10.9. The Morgan fingerprint density at radius 1 is 1.22 bits per heavy atom. The first kappa shape index (κ1) is 13.3. The number of rotatable bonds is 3. The molecule has 1 heterocycles. The van der Waals surface area contributed by atoms with E-state index in [2.05, 4.69) is 10.6 Å². The van der Waals surface area contributed by atoms with Crippen molar-refractivity contribution in [3.8, 4) is 0 Å². The lowest BCUT2D eigenvalue weighted by molar-refractivity contribution is -0.124. The van der Waals surface area contributed by atoms with Gasteiger partial charge in [0.1, 0.15) is 0 Å². The van der Waals surface area contributed by atoms with Crippen molar-refractivity contribution in [3.05, 3.63) is 0 Å². The van der Waals surface area contributed by atoms with Crippen LogP contribution >= 0.6 is 0 Å². The van der Waals surface area contributed by atoms with Crippen LogP contribution in [0.3, 0.4) is 0 Å². The summed E-state index contributed by atoms with van der Waals surface area (Å²) < 4.78 is 5.59. The van der Waals surface area contributed by atoms with Crippen molar-refractivity contribution in [2.24, 2.45) is 0 Å². The van der Waals surface area contributed by atoms with Crippen molar-refractivity contribution in [2.45, 2.75) is 44.9 Å². The zero-order valence-electron chi connectivity index (χ0n) is 10.9. The van der Waals surface area contributed by atoms with Crippen LogP contribution in [-0.2, 0) is 9.53 Å². The molecular formula is C12H21N3O3. The van der Waals surface area contributed by atoms with Crippen molar-refractivity contribution < 1.29 is 14.3 Å². The molecule has 3 amide bonds. The Labute approximate surface area is 107 Å². The quantitative estimate of drug-likeness (QED) is 0.749. The molecule has 1 saturated heterocycles. The molecular weight excluding hydrogens is 234 g/mol. The molecule has 1 aliphatic carbocycles. The first-order valence-corrected chi connectivity index (χ1v) is 6.51. The van der Waals surface area contributed by atoms with Gasteiger partial charge in [0.05, 0.1) is 18.8 Å². The number of ether oxygens (including phenoxy) is 1. The lowest BCUT2D eigenvalue weighted by Gasteiger charge is -2.34. The fourth-order valence-electron chi connectivity index (χ4n) is 2.23. The average Bonchev–Trinajstić information content (AvgIpc) is 2.98. The summed E-state index contributed by atoms with van der Waals surface area (Å²) in [5.41, 5.74) is 0. The number of carbonyl (C=O) groups is 2. The molecule has 1 aliphatic heterocycles. The summed E-state index contributed by atoms with van der Waals surface area (Å²) in [6.45, 7) is 5.67. The third-order valence-electron chi connectivity index (χ3n) is 3.03. The molecule has 2 fully saturated rings. The Morgan fingerprint density at radius 2 is 1.83 bits per heavy atom. The van der Waals surface area contributed by atoms with E-state index < -0.39 is 0 Å². The number of carbonyl (C=O) groups excluding carboxylic acids is 2. The van der Waals surface area contributed by atoms with E-state index in [1.165, 1.54) is 0 Å². The van der Waals surface area contributed by atoms with Crippen molar-refractivity contribution in [2.75, 3.05) is 19.6 Å². The van der Waals surface area contributed by atoms with E-state index in [9.17, 15) is 9.59 Å². The van der Waals surface area contributed by atoms with E-state index in [1.807, 2.05) is 18.7 Å². The van der Waals surface area contributed by atoms with Crippen LogP contribution in [0.4, 0.5) is 4.79 Å². The lowest BCUT2D eigenvalue weighted by Crippen LogP contribution is -2.51. The Morgan fingerprint density at radius 3 is 2.39 bits per heavy atom. The van der Waals surface area contributed by atoms with Crippen molar-refractivity contribution in [1.29, 1.82) is 0 Å². The van der Waals surface area contributed by atoms with E-state index in [0.717, 1.165) is 25.9 Å². The van der Waals surface area contributed by atoms with E-state index in [1.54, 1.807) is 0 Å². The van der Waals surface area contributed by atoms with Gasteiger partial charge in [0, 0.05) is 19.1 Å². The number of imide groups is 1. The van der Waals surface area contributed by atoms with Gasteiger partial charge in [-0.3, -0.25) is 15.0 Å². The topological polar surface area (TPSA) is 70.7 Å². The molecule has 0 radical (unpaired) electrons. The summed E-state index contributed by atoms with van der Waals surface area (Å²) in [5, 5.41) is 5.08. The summed E-state index contributed by atoms with van der Waals surface area (Å²) in [5.74, 6) is -0.255. The number of hydrogen-bond acceptors (Lipinski definition) is 4. The van der Waals surface area contributed by atoms with Crippen molar-refractivity contribution >= 4 is 11.9 Å². The minimum atomic E-state index is -0.378. The van der Waals surface area contributed by atoms with Gasteiger partial charge in [0.25, 0.3) is 0 Å². The maximum absolute atomic E-state index is 11.7. The summed E-state index contributed by atoms with van der Waals surface area (Å²) in [4.78, 5) is 25.1. The zero-order chi connectivity index (χ0) is 13.1. The van der Waals surface area contributed by atoms with Gasteiger partial charge in [0.2, 0.25) is 5.91 Å². The van der Waals surface area contributed by atoms with Crippen molar-refractivity contribution in [1.82, 2.24) is 15.5 Å². The second kappa shape index (κ2) is 5.67. The van der Waals surface area contributed by atoms with Crippen LogP contribution < -0.4 is 10.6 Å². The van der Waals surface area contributed by atoms with E-state index in [-0.39, 0.29) is 36.7 Å². The molecule has 2 unspecified atom stereocenters. The molecule has 2 aliphatic rings. The minimum absolute atomic E-state index is 0.127. The number of nitrogens with one attached hydrogen (secondary N) is 2. The van der Waals surface area contributed by atoms with E-state index >= 15 is 0 Å². The summed E-state index contributed by atoms with van der Waals surface area (Å²) in [6, 6.07) is -0.113. The highest BCUT2D eigenvalue weighted by Crippen LogP contribution is 2.18. The van der Waals surface area contributed by atoms with Crippen LogP contribution in [0.15, 0.2) is 0 Å².